The van der Waals surface area contributed by atoms with Crippen molar-refractivity contribution in [3.63, 3.8) is 0 Å². The van der Waals surface area contributed by atoms with Gasteiger partial charge in [-0.05, 0) is 6.42 Å². The summed E-state index contributed by atoms with van der Waals surface area (Å²) in [6, 6.07) is 0. The Morgan fingerprint density at radius 2 is 1.75 bits per heavy atom. The number of carbonyl (C=O) groups is 1. The van der Waals surface area contributed by atoms with E-state index in [9.17, 15) is 21.6 Å². The SMILES string of the molecule is COC(=O)COS(=O)(=O)CCCS(=O)(=O)O. The van der Waals surface area contributed by atoms with Crippen molar-refractivity contribution in [1.82, 2.24) is 0 Å². The molecule has 1 N–H and O–H groups in total. The summed E-state index contributed by atoms with van der Waals surface area (Å²) in [5.74, 6) is -2.16. The molecule has 0 fully saturated rings. The molecule has 0 aromatic heterocycles. The van der Waals surface area contributed by atoms with Crippen molar-refractivity contribution >= 4 is 26.2 Å². The molecule has 10 heteroatoms. The van der Waals surface area contributed by atoms with Crippen LogP contribution in [0.25, 0.3) is 0 Å². The lowest BCUT2D eigenvalue weighted by Gasteiger charge is -2.03. The smallest absolute Gasteiger partial charge is 0.333 e. The molecule has 0 rings (SSSR count). The fourth-order valence-electron chi connectivity index (χ4n) is 0.674. The number of carbonyl (C=O) groups excluding carboxylic acids is 1. The van der Waals surface area contributed by atoms with Gasteiger partial charge in [-0.2, -0.15) is 16.8 Å². The second-order valence-corrected chi connectivity index (χ2v) is 6.07. The standard InChI is InChI=1S/C6H12O8S2/c1-13-6(7)5-14-16(11,12)4-2-3-15(8,9)10/h2-5H2,1H3,(H,8,9,10). The normalized spacial score (nSPS) is 12.4. The highest BCUT2D eigenvalue weighted by Crippen LogP contribution is 1.99. The summed E-state index contributed by atoms with van der Waals surface area (Å²) in [5, 5.41) is 0. The molecule has 0 aliphatic heterocycles. The molecule has 8 nitrogen and oxygen atoms in total. The molecular formula is C6H12O8S2. The van der Waals surface area contributed by atoms with Gasteiger partial charge in [0.15, 0.2) is 6.61 Å². The molecule has 16 heavy (non-hydrogen) atoms. The van der Waals surface area contributed by atoms with Crippen LogP contribution >= 0.6 is 0 Å². The van der Waals surface area contributed by atoms with E-state index in [1.165, 1.54) is 0 Å². The largest absolute Gasteiger partial charge is 0.467 e. The van der Waals surface area contributed by atoms with Crippen molar-refractivity contribution in [2.45, 2.75) is 6.42 Å². The lowest BCUT2D eigenvalue weighted by atomic mass is 10.6. The fraction of sp³-hybridized carbons (Fsp3) is 0.833. The molecule has 0 aromatic carbocycles. The number of hydrogen-bond donors (Lipinski definition) is 1. The molecule has 0 aliphatic rings. The monoisotopic (exact) mass is 276 g/mol. The maximum atomic E-state index is 11.0. The molecule has 0 bridgehead atoms. The van der Waals surface area contributed by atoms with Crippen LogP contribution in [0.1, 0.15) is 6.42 Å². The molecule has 0 aliphatic carbocycles. The molecule has 0 aromatic rings. The van der Waals surface area contributed by atoms with Gasteiger partial charge in [-0.25, -0.2) is 4.79 Å². The topological polar surface area (TPSA) is 124 Å². The Hall–Kier alpha value is -0.710. The quantitative estimate of drug-likeness (QED) is 0.348. The Morgan fingerprint density at radius 3 is 2.19 bits per heavy atom. The van der Waals surface area contributed by atoms with Crippen molar-refractivity contribution in [2.75, 3.05) is 25.2 Å². The van der Waals surface area contributed by atoms with Crippen LogP contribution in [0.5, 0.6) is 0 Å². The van der Waals surface area contributed by atoms with Gasteiger partial charge in [0.1, 0.15) is 0 Å². The highest BCUT2D eigenvalue weighted by Gasteiger charge is 2.15. The van der Waals surface area contributed by atoms with Gasteiger partial charge in [0.05, 0.1) is 18.6 Å². The Balaban J connectivity index is 4.02. The Bertz CT molecular complexity index is 419. The highest BCUT2D eigenvalue weighted by molar-refractivity contribution is 7.87. The van der Waals surface area contributed by atoms with Crippen LogP contribution in [0.2, 0.25) is 0 Å². The van der Waals surface area contributed by atoms with E-state index in [1.807, 2.05) is 0 Å². The Morgan fingerprint density at radius 1 is 1.19 bits per heavy atom. The zero-order valence-electron chi connectivity index (χ0n) is 8.45. The van der Waals surface area contributed by atoms with Crippen LogP contribution in [0.4, 0.5) is 0 Å². The third kappa shape index (κ3) is 8.59. The van der Waals surface area contributed by atoms with E-state index in [4.69, 9.17) is 4.55 Å². The van der Waals surface area contributed by atoms with Crippen LogP contribution in [-0.4, -0.2) is 52.6 Å². The summed E-state index contributed by atoms with van der Waals surface area (Å²) >= 11 is 0. The van der Waals surface area contributed by atoms with Gasteiger partial charge >= 0.3 is 5.97 Å². The van der Waals surface area contributed by atoms with Gasteiger partial charge in [-0.3, -0.25) is 8.74 Å². The van der Waals surface area contributed by atoms with Crippen molar-refractivity contribution in [3.8, 4) is 0 Å². The van der Waals surface area contributed by atoms with Crippen LogP contribution in [0.15, 0.2) is 0 Å². The zero-order chi connectivity index (χ0) is 12.8. The number of rotatable bonds is 7. The van der Waals surface area contributed by atoms with Gasteiger partial charge in [-0.1, -0.05) is 0 Å². The third-order valence-corrected chi connectivity index (χ3v) is 3.45. The molecule has 0 amide bonds. The molecular weight excluding hydrogens is 264 g/mol. The number of hydrogen-bond acceptors (Lipinski definition) is 7. The van der Waals surface area contributed by atoms with Crippen molar-refractivity contribution < 1.29 is 35.1 Å². The van der Waals surface area contributed by atoms with Crippen LogP contribution in [-0.2, 0) is 34.0 Å². The maximum absolute atomic E-state index is 11.0. The van der Waals surface area contributed by atoms with E-state index >= 15 is 0 Å². The van der Waals surface area contributed by atoms with Crippen molar-refractivity contribution in [1.29, 1.82) is 0 Å². The highest BCUT2D eigenvalue weighted by atomic mass is 32.2. The van der Waals surface area contributed by atoms with Gasteiger partial charge in [-0.15, -0.1) is 0 Å². The second-order valence-electron chi connectivity index (χ2n) is 2.74. The molecule has 0 saturated heterocycles. The molecule has 0 saturated carbocycles. The van der Waals surface area contributed by atoms with Crippen molar-refractivity contribution in [3.05, 3.63) is 0 Å². The van der Waals surface area contributed by atoms with E-state index in [1.54, 1.807) is 0 Å². The molecule has 96 valence electrons. The van der Waals surface area contributed by atoms with Gasteiger partial charge in [0.25, 0.3) is 20.2 Å². The lowest BCUT2D eigenvalue weighted by Crippen LogP contribution is -2.19. The first-order valence-electron chi connectivity index (χ1n) is 4.05. The van der Waals surface area contributed by atoms with Crippen LogP contribution < -0.4 is 0 Å². The van der Waals surface area contributed by atoms with Gasteiger partial charge in [0.2, 0.25) is 0 Å². The first-order chi connectivity index (χ1) is 7.16. The Kier molecular flexibility index (Phi) is 5.86. The summed E-state index contributed by atoms with van der Waals surface area (Å²) in [5.41, 5.74) is 0. The van der Waals surface area contributed by atoms with Crippen LogP contribution in [0.3, 0.4) is 0 Å². The van der Waals surface area contributed by atoms with E-state index in [0.717, 1.165) is 7.11 Å². The maximum Gasteiger partial charge on any atom is 0.333 e. The minimum Gasteiger partial charge on any atom is -0.467 e. The van der Waals surface area contributed by atoms with Gasteiger partial charge < -0.3 is 4.74 Å². The summed E-state index contributed by atoms with van der Waals surface area (Å²) in [6.45, 7) is -0.759. The first-order valence-corrected chi connectivity index (χ1v) is 7.24. The van der Waals surface area contributed by atoms with E-state index in [-0.39, 0.29) is 6.42 Å². The number of ether oxygens (including phenoxy) is 1. The average Bonchev–Trinajstić information content (AvgIpc) is 2.12. The third-order valence-electron chi connectivity index (χ3n) is 1.38. The molecule has 0 radical (unpaired) electrons. The summed E-state index contributed by atoms with van der Waals surface area (Å²) in [4.78, 5) is 10.5. The number of esters is 1. The lowest BCUT2D eigenvalue weighted by molar-refractivity contribution is -0.142. The summed E-state index contributed by atoms with van der Waals surface area (Å²) in [6.07, 6.45) is -0.317. The number of methoxy groups -OCH3 is 1. The fourth-order valence-corrected chi connectivity index (χ4v) is 2.26. The minimum atomic E-state index is -4.19. The zero-order valence-corrected chi connectivity index (χ0v) is 10.1. The van der Waals surface area contributed by atoms with Gasteiger partial charge in [0, 0.05) is 0 Å². The van der Waals surface area contributed by atoms with E-state index in [2.05, 4.69) is 8.92 Å². The summed E-state index contributed by atoms with van der Waals surface area (Å²) < 4.78 is 59.3. The van der Waals surface area contributed by atoms with Crippen LogP contribution in [0, 0.1) is 0 Å². The predicted octanol–water partition coefficient (Wildman–Crippen LogP) is -1.22. The Labute approximate surface area is 93.4 Å². The molecule has 0 unspecified atom stereocenters. The summed E-state index contributed by atoms with van der Waals surface area (Å²) in [7, 11) is -7.11. The first kappa shape index (κ1) is 15.3. The molecule has 0 spiro atoms. The second kappa shape index (κ2) is 6.13. The molecule has 0 heterocycles. The predicted molar refractivity (Wildman–Crippen MR) is 52.8 cm³/mol. The van der Waals surface area contributed by atoms with Crippen molar-refractivity contribution in [2.24, 2.45) is 0 Å². The average molecular weight is 276 g/mol. The van der Waals surface area contributed by atoms with E-state index in [0.29, 0.717) is 0 Å². The minimum absolute atomic E-state index is 0.317. The molecule has 0 atom stereocenters. The van der Waals surface area contributed by atoms with E-state index < -0.39 is 44.3 Å².